The molecule has 0 amide bonds. The average Bonchev–Trinajstić information content (AvgIpc) is 2.35. The number of methoxy groups -OCH3 is 1. The summed E-state index contributed by atoms with van der Waals surface area (Å²) in [5, 5.41) is 9.43. The summed E-state index contributed by atoms with van der Waals surface area (Å²) in [6.45, 7) is 0. The largest absolute Gasteiger partial charge is 0.467 e. The van der Waals surface area contributed by atoms with Crippen LogP contribution in [0.5, 0.6) is 0 Å². The average molecular weight is 266 g/mol. The minimum Gasteiger partial charge on any atom is -0.467 e. The Morgan fingerprint density at radius 2 is 1.78 bits per heavy atom. The van der Waals surface area contributed by atoms with E-state index in [0.29, 0.717) is 12.1 Å². The van der Waals surface area contributed by atoms with Crippen LogP contribution in [0.4, 0.5) is 17.6 Å². The second-order valence-electron chi connectivity index (χ2n) is 3.49. The van der Waals surface area contributed by atoms with Crippen molar-refractivity contribution in [1.29, 1.82) is 0 Å². The molecule has 2 unspecified atom stereocenters. The third kappa shape index (κ3) is 3.19. The van der Waals surface area contributed by atoms with Crippen LogP contribution in [0.25, 0.3) is 0 Å². The first-order chi connectivity index (χ1) is 8.27. The van der Waals surface area contributed by atoms with Gasteiger partial charge in [0, 0.05) is 0 Å². The summed E-state index contributed by atoms with van der Waals surface area (Å²) in [5.41, 5.74) is -1.06. The van der Waals surface area contributed by atoms with E-state index in [1.807, 2.05) is 0 Å². The van der Waals surface area contributed by atoms with Gasteiger partial charge in [-0.15, -0.1) is 0 Å². The maximum Gasteiger partial charge on any atom is 0.416 e. The van der Waals surface area contributed by atoms with Crippen molar-refractivity contribution in [3.8, 4) is 0 Å². The third-order valence-corrected chi connectivity index (χ3v) is 2.28. The second-order valence-corrected chi connectivity index (χ2v) is 3.49. The fourth-order valence-electron chi connectivity index (χ4n) is 1.28. The van der Waals surface area contributed by atoms with Gasteiger partial charge >= 0.3 is 12.1 Å². The smallest absolute Gasteiger partial charge is 0.416 e. The summed E-state index contributed by atoms with van der Waals surface area (Å²) in [4.78, 5) is 10.8. The molecule has 0 heterocycles. The lowest BCUT2D eigenvalue weighted by molar-refractivity contribution is -0.151. The van der Waals surface area contributed by atoms with Crippen molar-refractivity contribution < 1.29 is 32.2 Å². The highest BCUT2D eigenvalue weighted by Crippen LogP contribution is 2.30. The number of carbonyl (C=O) groups excluding carboxylic acids is 1. The highest BCUT2D eigenvalue weighted by atomic mass is 19.4. The first-order valence-electron chi connectivity index (χ1n) is 4.84. The molecule has 1 aromatic rings. The van der Waals surface area contributed by atoms with Crippen molar-refractivity contribution in [2.45, 2.75) is 18.5 Å². The number of rotatable bonds is 3. The van der Waals surface area contributed by atoms with Crippen LogP contribution >= 0.6 is 0 Å². The number of ether oxygens (including phenoxy) is 1. The molecule has 0 aliphatic heterocycles. The molecule has 7 heteroatoms. The molecular formula is C11H10F4O3. The highest BCUT2D eigenvalue weighted by molar-refractivity contribution is 5.75. The van der Waals surface area contributed by atoms with Crippen LogP contribution in [0.15, 0.2) is 24.3 Å². The van der Waals surface area contributed by atoms with E-state index in [1.165, 1.54) is 0 Å². The molecule has 0 fully saturated rings. The van der Waals surface area contributed by atoms with Crippen LogP contribution in [0.1, 0.15) is 17.2 Å². The number of benzene rings is 1. The summed E-state index contributed by atoms with van der Waals surface area (Å²) < 4.78 is 54.1. The first-order valence-corrected chi connectivity index (χ1v) is 4.84. The Hall–Kier alpha value is -1.63. The molecule has 0 saturated heterocycles. The quantitative estimate of drug-likeness (QED) is 0.674. The predicted octanol–water partition coefficient (Wildman–Crippen LogP) is 2.25. The van der Waals surface area contributed by atoms with Gasteiger partial charge in [-0.3, -0.25) is 0 Å². The van der Waals surface area contributed by atoms with Gasteiger partial charge in [-0.05, 0) is 17.7 Å². The number of esters is 1. The third-order valence-electron chi connectivity index (χ3n) is 2.28. The summed E-state index contributed by atoms with van der Waals surface area (Å²) >= 11 is 0. The summed E-state index contributed by atoms with van der Waals surface area (Å²) in [6.07, 6.45) is -8.72. The van der Waals surface area contributed by atoms with Crippen molar-refractivity contribution in [1.82, 2.24) is 0 Å². The number of alkyl halides is 4. The van der Waals surface area contributed by atoms with Crippen molar-refractivity contribution in [2.24, 2.45) is 0 Å². The molecule has 1 N–H and O–H groups in total. The molecule has 0 spiro atoms. The monoisotopic (exact) mass is 266 g/mol. The number of aliphatic hydroxyl groups is 1. The van der Waals surface area contributed by atoms with Gasteiger partial charge in [0.1, 0.15) is 6.10 Å². The summed E-state index contributed by atoms with van der Waals surface area (Å²) in [5.74, 6) is -1.29. The van der Waals surface area contributed by atoms with Crippen molar-refractivity contribution >= 4 is 5.97 Å². The van der Waals surface area contributed by atoms with Crippen LogP contribution in [-0.2, 0) is 15.7 Å². The topological polar surface area (TPSA) is 46.5 Å². The molecule has 0 bridgehead atoms. The normalized spacial score (nSPS) is 15.0. The Morgan fingerprint density at radius 3 is 2.17 bits per heavy atom. The molecule has 0 aliphatic rings. The number of aliphatic hydroxyl groups excluding tert-OH is 1. The number of hydrogen-bond donors (Lipinski definition) is 1. The summed E-state index contributed by atoms with van der Waals surface area (Å²) in [6, 6.07) is 3.21. The van der Waals surface area contributed by atoms with Gasteiger partial charge in [-0.1, -0.05) is 12.1 Å². The second kappa shape index (κ2) is 5.34. The van der Waals surface area contributed by atoms with E-state index in [1.54, 1.807) is 0 Å². The molecule has 0 aliphatic carbocycles. The molecule has 0 radical (unpaired) electrons. The molecule has 18 heavy (non-hydrogen) atoms. The number of halogens is 4. The van der Waals surface area contributed by atoms with Gasteiger partial charge in [0.25, 0.3) is 0 Å². The lowest BCUT2D eigenvalue weighted by Gasteiger charge is -2.15. The minimum absolute atomic E-state index is 0.138. The van der Waals surface area contributed by atoms with Crippen molar-refractivity contribution in [3.05, 3.63) is 35.4 Å². The van der Waals surface area contributed by atoms with Crippen molar-refractivity contribution in [2.75, 3.05) is 7.11 Å². The van der Waals surface area contributed by atoms with E-state index in [2.05, 4.69) is 4.74 Å². The van der Waals surface area contributed by atoms with Gasteiger partial charge in [-0.25, -0.2) is 9.18 Å². The van der Waals surface area contributed by atoms with E-state index in [0.717, 1.165) is 19.2 Å². The van der Waals surface area contributed by atoms with E-state index in [9.17, 15) is 27.5 Å². The zero-order valence-corrected chi connectivity index (χ0v) is 9.24. The van der Waals surface area contributed by atoms with Gasteiger partial charge in [0.15, 0.2) is 0 Å². The minimum atomic E-state index is -4.51. The molecule has 3 nitrogen and oxygen atoms in total. The Morgan fingerprint density at radius 1 is 1.28 bits per heavy atom. The van der Waals surface area contributed by atoms with Crippen LogP contribution in [0.2, 0.25) is 0 Å². The predicted molar refractivity (Wildman–Crippen MR) is 53.3 cm³/mol. The van der Waals surface area contributed by atoms with Crippen molar-refractivity contribution in [3.63, 3.8) is 0 Å². The maximum absolute atomic E-state index is 13.3. The van der Waals surface area contributed by atoms with Gasteiger partial charge in [0.05, 0.1) is 12.7 Å². The summed E-state index contributed by atoms with van der Waals surface area (Å²) in [7, 11) is 0.939. The zero-order chi connectivity index (χ0) is 13.9. The van der Waals surface area contributed by atoms with Gasteiger partial charge in [-0.2, -0.15) is 13.2 Å². The van der Waals surface area contributed by atoms with E-state index in [-0.39, 0.29) is 5.56 Å². The Kier molecular flexibility index (Phi) is 4.28. The SMILES string of the molecule is COC(=O)C(F)C(O)c1ccc(C(F)(F)F)cc1. The standard InChI is InChI=1S/C11H10F4O3/c1-18-10(17)8(12)9(16)6-2-4-7(5-3-6)11(13,14)15/h2-5,8-9,16H,1H3. The van der Waals surface area contributed by atoms with Gasteiger partial charge < -0.3 is 9.84 Å². The molecule has 100 valence electrons. The van der Waals surface area contributed by atoms with Gasteiger partial charge in [0.2, 0.25) is 6.17 Å². The zero-order valence-electron chi connectivity index (χ0n) is 9.24. The maximum atomic E-state index is 13.3. The molecule has 0 aromatic heterocycles. The van der Waals surface area contributed by atoms with Crippen LogP contribution in [-0.4, -0.2) is 24.4 Å². The Labute approximate surface area is 100.0 Å². The van der Waals surface area contributed by atoms with E-state index < -0.39 is 30.0 Å². The fourth-order valence-corrected chi connectivity index (χ4v) is 1.28. The highest BCUT2D eigenvalue weighted by Gasteiger charge is 2.32. The molecule has 1 rings (SSSR count). The fraction of sp³-hybridized carbons (Fsp3) is 0.364. The number of hydrogen-bond acceptors (Lipinski definition) is 3. The van der Waals surface area contributed by atoms with E-state index >= 15 is 0 Å². The molecule has 1 aromatic carbocycles. The molecule has 2 atom stereocenters. The molecular weight excluding hydrogens is 256 g/mol. The number of carbonyl (C=O) groups is 1. The van der Waals surface area contributed by atoms with Crippen LogP contribution < -0.4 is 0 Å². The lowest BCUT2D eigenvalue weighted by atomic mass is 10.0. The molecule has 0 saturated carbocycles. The Balaban J connectivity index is 2.89. The first kappa shape index (κ1) is 14.4. The Bertz CT molecular complexity index is 413. The van der Waals surface area contributed by atoms with Crippen LogP contribution in [0, 0.1) is 0 Å². The van der Waals surface area contributed by atoms with E-state index in [4.69, 9.17) is 0 Å². The lowest BCUT2D eigenvalue weighted by Crippen LogP contribution is -2.25. The van der Waals surface area contributed by atoms with Crippen LogP contribution in [0.3, 0.4) is 0 Å².